The fourth-order valence-electron chi connectivity index (χ4n) is 2.59. The van der Waals surface area contributed by atoms with Crippen LogP contribution < -0.4 is 5.32 Å². The van der Waals surface area contributed by atoms with Crippen LogP contribution in [0.15, 0.2) is 42.7 Å². The summed E-state index contributed by atoms with van der Waals surface area (Å²) in [4.78, 5) is 16.6. The number of aromatic nitrogens is 3. The van der Waals surface area contributed by atoms with Crippen molar-refractivity contribution in [3.8, 4) is 11.3 Å². The SMILES string of the molecule is CCCCCNC(=O)c1cnn2c(-c3cccc(F)c3)ccnc12. The van der Waals surface area contributed by atoms with Crippen LogP contribution in [0, 0.1) is 5.82 Å². The van der Waals surface area contributed by atoms with Gasteiger partial charge in [0.1, 0.15) is 11.4 Å². The van der Waals surface area contributed by atoms with E-state index in [2.05, 4.69) is 22.3 Å². The lowest BCUT2D eigenvalue weighted by molar-refractivity contribution is 0.0954. The number of nitrogens with one attached hydrogen (secondary N) is 1. The molecule has 2 heterocycles. The van der Waals surface area contributed by atoms with Gasteiger partial charge in [0.05, 0.1) is 11.9 Å². The lowest BCUT2D eigenvalue weighted by atomic mass is 10.1. The molecule has 0 bridgehead atoms. The summed E-state index contributed by atoms with van der Waals surface area (Å²) in [6.07, 6.45) is 6.23. The second kappa shape index (κ2) is 7.21. The molecule has 1 aromatic carbocycles. The molecule has 0 unspecified atom stereocenters. The number of fused-ring (bicyclic) bond motifs is 1. The van der Waals surface area contributed by atoms with Gasteiger partial charge >= 0.3 is 0 Å². The smallest absolute Gasteiger partial charge is 0.256 e. The summed E-state index contributed by atoms with van der Waals surface area (Å²) in [5, 5.41) is 7.15. The largest absolute Gasteiger partial charge is 0.352 e. The van der Waals surface area contributed by atoms with E-state index >= 15 is 0 Å². The molecule has 2 aromatic heterocycles. The van der Waals surface area contributed by atoms with E-state index in [1.807, 2.05) is 0 Å². The van der Waals surface area contributed by atoms with E-state index in [-0.39, 0.29) is 11.7 Å². The molecule has 0 saturated carbocycles. The van der Waals surface area contributed by atoms with Crippen molar-refractivity contribution < 1.29 is 9.18 Å². The summed E-state index contributed by atoms with van der Waals surface area (Å²) in [6.45, 7) is 2.75. The lowest BCUT2D eigenvalue weighted by Gasteiger charge is -2.06. The first-order chi connectivity index (χ1) is 11.7. The first-order valence-corrected chi connectivity index (χ1v) is 8.07. The van der Waals surface area contributed by atoms with Crippen molar-refractivity contribution in [2.45, 2.75) is 26.2 Å². The predicted octanol–water partition coefficient (Wildman–Crippen LogP) is 3.46. The quantitative estimate of drug-likeness (QED) is 0.706. The summed E-state index contributed by atoms with van der Waals surface area (Å²) >= 11 is 0. The highest BCUT2D eigenvalue weighted by Crippen LogP contribution is 2.21. The highest BCUT2D eigenvalue weighted by Gasteiger charge is 2.15. The molecule has 0 atom stereocenters. The third-order valence-corrected chi connectivity index (χ3v) is 3.83. The van der Waals surface area contributed by atoms with Crippen LogP contribution in [-0.4, -0.2) is 27.0 Å². The van der Waals surface area contributed by atoms with Crippen molar-refractivity contribution in [1.29, 1.82) is 0 Å². The van der Waals surface area contributed by atoms with Crippen molar-refractivity contribution in [3.63, 3.8) is 0 Å². The Morgan fingerprint density at radius 2 is 2.17 bits per heavy atom. The van der Waals surface area contributed by atoms with Crippen LogP contribution in [0.5, 0.6) is 0 Å². The summed E-state index contributed by atoms with van der Waals surface area (Å²) < 4.78 is 15.0. The molecule has 0 aliphatic carbocycles. The number of amides is 1. The van der Waals surface area contributed by atoms with Crippen LogP contribution in [0.1, 0.15) is 36.5 Å². The molecular formula is C18H19FN4O. The number of benzene rings is 1. The highest BCUT2D eigenvalue weighted by molar-refractivity contribution is 5.99. The zero-order valence-electron chi connectivity index (χ0n) is 13.5. The second-order valence-corrected chi connectivity index (χ2v) is 5.60. The van der Waals surface area contributed by atoms with Gasteiger partial charge in [-0.2, -0.15) is 5.10 Å². The maximum atomic E-state index is 13.5. The van der Waals surface area contributed by atoms with Gasteiger partial charge in [0.2, 0.25) is 0 Å². The molecule has 0 fully saturated rings. The molecule has 3 aromatic rings. The van der Waals surface area contributed by atoms with E-state index in [0.29, 0.717) is 29.0 Å². The lowest BCUT2D eigenvalue weighted by Crippen LogP contribution is -2.24. The van der Waals surface area contributed by atoms with Crippen molar-refractivity contribution >= 4 is 11.6 Å². The molecule has 0 spiro atoms. The molecule has 124 valence electrons. The van der Waals surface area contributed by atoms with Crippen LogP contribution in [-0.2, 0) is 0 Å². The van der Waals surface area contributed by atoms with E-state index in [0.717, 1.165) is 19.3 Å². The molecule has 1 N–H and O–H groups in total. The minimum absolute atomic E-state index is 0.190. The van der Waals surface area contributed by atoms with Crippen LogP contribution in [0.2, 0.25) is 0 Å². The van der Waals surface area contributed by atoms with Crippen molar-refractivity contribution in [3.05, 3.63) is 54.1 Å². The van der Waals surface area contributed by atoms with Crippen molar-refractivity contribution in [2.24, 2.45) is 0 Å². The standard InChI is InChI=1S/C18H19FN4O/c1-2-3-4-9-21-18(24)15-12-22-23-16(8-10-20-17(15)23)13-6-5-7-14(19)11-13/h5-8,10-12H,2-4,9H2,1H3,(H,21,24). The number of nitrogens with zero attached hydrogens (tertiary/aromatic N) is 3. The fraction of sp³-hybridized carbons (Fsp3) is 0.278. The van der Waals surface area contributed by atoms with Gasteiger partial charge in [-0.25, -0.2) is 13.9 Å². The number of hydrogen-bond donors (Lipinski definition) is 1. The Bertz CT molecular complexity index is 859. The summed E-state index contributed by atoms with van der Waals surface area (Å²) in [5.74, 6) is -0.511. The third kappa shape index (κ3) is 3.27. The number of rotatable bonds is 6. The van der Waals surface area contributed by atoms with Crippen molar-refractivity contribution in [1.82, 2.24) is 19.9 Å². The van der Waals surface area contributed by atoms with Gasteiger partial charge in [0.15, 0.2) is 5.65 Å². The van der Waals surface area contributed by atoms with E-state index in [1.165, 1.54) is 18.3 Å². The molecule has 0 radical (unpaired) electrons. The molecule has 1 amide bonds. The Morgan fingerprint density at radius 3 is 2.96 bits per heavy atom. The predicted molar refractivity (Wildman–Crippen MR) is 90.2 cm³/mol. The van der Waals surface area contributed by atoms with E-state index < -0.39 is 0 Å². The summed E-state index contributed by atoms with van der Waals surface area (Å²) in [5.41, 5.74) is 2.25. The molecule has 6 heteroatoms. The van der Waals surface area contributed by atoms with Crippen molar-refractivity contribution in [2.75, 3.05) is 6.54 Å². The van der Waals surface area contributed by atoms with Gasteiger partial charge in [-0.05, 0) is 24.6 Å². The van der Waals surface area contributed by atoms with Crippen LogP contribution in [0.25, 0.3) is 16.9 Å². The maximum Gasteiger partial charge on any atom is 0.256 e. The zero-order chi connectivity index (χ0) is 16.9. The Kier molecular flexibility index (Phi) is 4.84. The summed E-state index contributed by atoms with van der Waals surface area (Å²) in [6, 6.07) is 8.00. The molecule has 24 heavy (non-hydrogen) atoms. The number of hydrogen-bond acceptors (Lipinski definition) is 3. The second-order valence-electron chi connectivity index (χ2n) is 5.60. The Labute approximate surface area is 139 Å². The molecule has 0 aliphatic rings. The Balaban J connectivity index is 1.90. The van der Waals surface area contributed by atoms with Crippen LogP contribution in [0.3, 0.4) is 0 Å². The maximum absolute atomic E-state index is 13.5. The fourth-order valence-corrected chi connectivity index (χ4v) is 2.59. The monoisotopic (exact) mass is 326 g/mol. The average Bonchev–Trinajstić information content (AvgIpc) is 3.02. The Hall–Kier alpha value is -2.76. The highest BCUT2D eigenvalue weighted by atomic mass is 19.1. The zero-order valence-corrected chi connectivity index (χ0v) is 13.5. The number of unbranched alkanes of at least 4 members (excludes halogenated alkanes) is 2. The van der Waals surface area contributed by atoms with E-state index in [1.54, 1.807) is 28.9 Å². The first-order valence-electron chi connectivity index (χ1n) is 8.07. The minimum atomic E-state index is -0.321. The number of carbonyl (C=O) groups is 1. The van der Waals surface area contributed by atoms with Gasteiger partial charge in [-0.1, -0.05) is 31.9 Å². The normalized spacial score (nSPS) is 10.9. The molecular weight excluding hydrogens is 307 g/mol. The first kappa shape index (κ1) is 16.1. The van der Waals surface area contributed by atoms with Crippen LogP contribution >= 0.6 is 0 Å². The van der Waals surface area contributed by atoms with E-state index in [9.17, 15) is 9.18 Å². The average molecular weight is 326 g/mol. The number of carbonyl (C=O) groups excluding carboxylic acids is 1. The number of halogens is 1. The van der Waals surface area contributed by atoms with E-state index in [4.69, 9.17) is 0 Å². The van der Waals surface area contributed by atoms with Gasteiger partial charge in [0.25, 0.3) is 5.91 Å². The minimum Gasteiger partial charge on any atom is -0.352 e. The topological polar surface area (TPSA) is 59.3 Å². The Morgan fingerprint density at radius 1 is 1.29 bits per heavy atom. The summed E-state index contributed by atoms with van der Waals surface area (Å²) in [7, 11) is 0. The van der Waals surface area contributed by atoms with Crippen LogP contribution in [0.4, 0.5) is 4.39 Å². The molecule has 0 aliphatic heterocycles. The molecule has 3 rings (SSSR count). The van der Waals surface area contributed by atoms with Gasteiger partial charge in [0, 0.05) is 18.3 Å². The third-order valence-electron chi connectivity index (χ3n) is 3.83. The molecule has 5 nitrogen and oxygen atoms in total. The van der Waals surface area contributed by atoms with Gasteiger partial charge in [-0.3, -0.25) is 4.79 Å². The molecule has 0 saturated heterocycles. The van der Waals surface area contributed by atoms with Gasteiger partial charge < -0.3 is 5.32 Å². The van der Waals surface area contributed by atoms with Gasteiger partial charge in [-0.15, -0.1) is 0 Å².